The molecule has 3 N–H and O–H groups in total. The molecule has 0 radical (unpaired) electrons. The Morgan fingerprint density at radius 3 is 2.88 bits per heavy atom. The number of ether oxygens (including phenoxy) is 2. The second kappa shape index (κ2) is 11.3. The van der Waals surface area contributed by atoms with Gasteiger partial charge in [-0.2, -0.15) is 0 Å². The zero-order valence-corrected chi connectivity index (χ0v) is 18.7. The van der Waals surface area contributed by atoms with Crippen LogP contribution in [0.1, 0.15) is 19.9 Å². The summed E-state index contributed by atoms with van der Waals surface area (Å²) in [5, 5.41) is 10.9. The van der Waals surface area contributed by atoms with Gasteiger partial charge in [0.15, 0.2) is 11.7 Å². The molecule has 0 saturated carbocycles. The molecule has 11 heteroatoms. The molecule has 3 rings (SSSR count). The number of nitrogens with two attached hydrogens (primary N) is 1. The first-order valence-corrected chi connectivity index (χ1v) is 10.5. The fourth-order valence-corrected chi connectivity index (χ4v) is 3.14. The molecule has 0 bridgehead atoms. The van der Waals surface area contributed by atoms with Crippen molar-refractivity contribution in [3.05, 3.63) is 36.0 Å². The van der Waals surface area contributed by atoms with E-state index < -0.39 is 5.91 Å². The molecule has 32 heavy (non-hydrogen) atoms. The van der Waals surface area contributed by atoms with Crippen LogP contribution in [0.3, 0.4) is 0 Å². The van der Waals surface area contributed by atoms with Crippen molar-refractivity contribution in [3.63, 3.8) is 0 Å². The van der Waals surface area contributed by atoms with E-state index in [1.807, 2.05) is 24.5 Å². The summed E-state index contributed by atoms with van der Waals surface area (Å²) >= 11 is 0. The lowest BCUT2D eigenvalue weighted by Crippen LogP contribution is -2.37. The van der Waals surface area contributed by atoms with Crippen LogP contribution in [0.2, 0.25) is 0 Å². The highest BCUT2D eigenvalue weighted by Gasteiger charge is 2.16. The van der Waals surface area contributed by atoms with Gasteiger partial charge >= 0.3 is 0 Å². The summed E-state index contributed by atoms with van der Waals surface area (Å²) < 4.78 is 12.3. The van der Waals surface area contributed by atoms with Gasteiger partial charge in [-0.05, 0) is 26.0 Å². The first kappa shape index (κ1) is 23.4. The van der Waals surface area contributed by atoms with Crippen LogP contribution in [0.4, 0.5) is 5.82 Å². The fourth-order valence-electron chi connectivity index (χ4n) is 3.14. The van der Waals surface area contributed by atoms with Gasteiger partial charge in [0, 0.05) is 31.9 Å². The highest BCUT2D eigenvalue weighted by atomic mass is 16.5. The second-order valence-corrected chi connectivity index (χ2v) is 7.49. The Labute approximate surface area is 187 Å². The number of carbonyl (C=O) groups excluding carboxylic acids is 1. The van der Waals surface area contributed by atoms with E-state index in [-0.39, 0.29) is 17.5 Å². The van der Waals surface area contributed by atoms with Crippen molar-refractivity contribution < 1.29 is 14.3 Å². The summed E-state index contributed by atoms with van der Waals surface area (Å²) in [6.45, 7) is 8.59. The third-order valence-electron chi connectivity index (χ3n) is 4.95. The van der Waals surface area contributed by atoms with Crippen LogP contribution < -0.4 is 11.1 Å². The predicted octanol–water partition coefficient (Wildman–Crippen LogP) is 1.08. The van der Waals surface area contributed by atoms with Gasteiger partial charge in [-0.15, -0.1) is 10.2 Å². The first-order chi connectivity index (χ1) is 15.5. The number of hydrogen-bond donors (Lipinski definition) is 2. The van der Waals surface area contributed by atoms with Crippen LogP contribution >= 0.6 is 0 Å². The average molecular weight is 443 g/mol. The molecule has 2 aromatic heterocycles. The molecule has 2 aromatic rings. The fraction of sp³-hybridized carbons (Fsp3) is 0.476. The molecule has 0 spiro atoms. The van der Waals surface area contributed by atoms with E-state index in [0.29, 0.717) is 23.9 Å². The monoisotopic (exact) mass is 442 g/mol. The molecule has 1 aliphatic heterocycles. The molecule has 0 aliphatic carbocycles. The van der Waals surface area contributed by atoms with Crippen molar-refractivity contribution in [1.82, 2.24) is 24.6 Å². The van der Waals surface area contributed by atoms with Gasteiger partial charge in [-0.25, -0.2) is 4.98 Å². The van der Waals surface area contributed by atoms with Crippen LogP contribution in [0.15, 0.2) is 41.0 Å². The number of methoxy groups -OCH3 is 1. The molecule has 11 nitrogen and oxygen atoms in total. The Morgan fingerprint density at radius 2 is 2.16 bits per heavy atom. The van der Waals surface area contributed by atoms with E-state index in [1.54, 1.807) is 18.5 Å². The Balaban J connectivity index is 1.68. The summed E-state index contributed by atoms with van der Waals surface area (Å²) in [5.74, 6) is 0.490. The zero-order valence-electron chi connectivity index (χ0n) is 18.7. The Morgan fingerprint density at radius 1 is 1.38 bits per heavy atom. The molecule has 1 amide bonds. The molecule has 1 saturated heterocycles. The molecule has 0 atom stereocenters. The van der Waals surface area contributed by atoms with Crippen molar-refractivity contribution in [3.8, 4) is 11.5 Å². The maximum Gasteiger partial charge on any atom is 0.263 e. The molecule has 3 heterocycles. The average Bonchev–Trinajstić information content (AvgIpc) is 3.30. The highest BCUT2D eigenvalue weighted by Crippen LogP contribution is 2.20. The summed E-state index contributed by atoms with van der Waals surface area (Å²) in [6.07, 6.45) is 3.09. The highest BCUT2D eigenvalue weighted by molar-refractivity contribution is 6.17. The number of nitrogens with one attached hydrogen (secondary N) is 1. The minimum Gasteiger partial charge on any atom is -0.482 e. The molecule has 1 aliphatic rings. The third kappa shape index (κ3) is 6.11. The maximum atomic E-state index is 12.9. The Bertz CT molecular complexity index is 963. The van der Waals surface area contributed by atoms with Crippen molar-refractivity contribution in [2.24, 2.45) is 10.7 Å². The number of aromatic nitrogens is 4. The zero-order chi connectivity index (χ0) is 22.9. The number of amides is 1. The lowest BCUT2D eigenvalue weighted by Gasteiger charge is -2.25. The minimum atomic E-state index is -0.463. The molecule has 1 fully saturated rings. The van der Waals surface area contributed by atoms with Crippen LogP contribution in [0.25, 0.3) is 11.5 Å². The number of pyridine rings is 1. The van der Waals surface area contributed by atoms with Gasteiger partial charge in [-0.3, -0.25) is 14.7 Å². The van der Waals surface area contributed by atoms with E-state index in [2.05, 4.69) is 30.4 Å². The van der Waals surface area contributed by atoms with Gasteiger partial charge in [0.25, 0.3) is 5.91 Å². The molecular weight excluding hydrogens is 412 g/mol. The van der Waals surface area contributed by atoms with Crippen LogP contribution in [-0.4, -0.2) is 83.3 Å². The number of nitrogens with zero attached hydrogens (tertiary/aromatic N) is 6. The number of aliphatic imine (C=N–C) groups is 1. The number of rotatable bonds is 9. The maximum absolute atomic E-state index is 12.9. The third-order valence-corrected chi connectivity index (χ3v) is 4.95. The number of morpholine rings is 1. The van der Waals surface area contributed by atoms with E-state index in [0.717, 1.165) is 32.8 Å². The normalized spacial score (nSPS) is 15.8. The summed E-state index contributed by atoms with van der Waals surface area (Å²) in [7, 11) is 1.40. The van der Waals surface area contributed by atoms with Crippen LogP contribution in [-0.2, 0) is 14.3 Å². The first-order valence-electron chi connectivity index (χ1n) is 10.5. The van der Waals surface area contributed by atoms with E-state index in [1.165, 1.54) is 13.3 Å². The van der Waals surface area contributed by atoms with Gasteiger partial charge in [0.1, 0.15) is 23.4 Å². The van der Waals surface area contributed by atoms with E-state index in [4.69, 9.17) is 15.2 Å². The molecule has 172 valence electrons. The molecule has 0 aromatic carbocycles. The molecular formula is C21H30N8O3. The largest absolute Gasteiger partial charge is 0.482 e. The summed E-state index contributed by atoms with van der Waals surface area (Å²) in [4.78, 5) is 24.0. The van der Waals surface area contributed by atoms with Crippen molar-refractivity contribution >= 4 is 17.9 Å². The summed E-state index contributed by atoms with van der Waals surface area (Å²) in [6, 6.07) is 5.46. The SMILES string of the molecule is COC(N)=C(C=NCCN1CCOCC1)C(=O)Nc1cccc(-c2nncn2C(C)C)n1. The predicted molar refractivity (Wildman–Crippen MR) is 121 cm³/mol. The van der Waals surface area contributed by atoms with Crippen molar-refractivity contribution in [2.75, 3.05) is 51.8 Å². The number of anilines is 1. The smallest absolute Gasteiger partial charge is 0.263 e. The van der Waals surface area contributed by atoms with Gasteiger partial charge < -0.3 is 25.1 Å². The lowest BCUT2D eigenvalue weighted by atomic mass is 10.2. The Kier molecular flexibility index (Phi) is 8.28. The topological polar surface area (TPSA) is 133 Å². The standard InChI is InChI=1S/C21H30N8O3/c1-15(2)29-14-24-27-20(29)17-5-4-6-18(25-17)26-21(30)16(19(22)31-3)13-23-7-8-28-9-11-32-12-10-28/h4-6,13-15H,7-12,22H2,1-3H3,(H,25,26,30). The quantitative estimate of drug-likeness (QED) is 0.335. The van der Waals surface area contributed by atoms with Gasteiger partial charge in [-0.1, -0.05) is 6.07 Å². The van der Waals surface area contributed by atoms with E-state index in [9.17, 15) is 4.79 Å². The van der Waals surface area contributed by atoms with Crippen LogP contribution in [0, 0.1) is 0 Å². The summed E-state index contributed by atoms with van der Waals surface area (Å²) in [5.41, 5.74) is 6.62. The van der Waals surface area contributed by atoms with Gasteiger partial charge in [0.2, 0.25) is 0 Å². The van der Waals surface area contributed by atoms with E-state index >= 15 is 0 Å². The van der Waals surface area contributed by atoms with Crippen molar-refractivity contribution in [2.45, 2.75) is 19.9 Å². The van der Waals surface area contributed by atoms with Crippen molar-refractivity contribution in [1.29, 1.82) is 0 Å². The number of carbonyl (C=O) groups is 1. The number of hydrogen-bond acceptors (Lipinski definition) is 9. The second-order valence-electron chi connectivity index (χ2n) is 7.49. The lowest BCUT2D eigenvalue weighted by molar-refractivity contribution is -0.112. The van der Waals surface area contributed by atoms with Gasteiger partial charge in [0.05, 0.1) is 26.9 Å². The molecule has 0 unspecified atom stereocenters. The van der Waals surface area contributed by atoms with Crippen LogP contribution in [0.5, 0.6) is 0 Å². The Hall–Kier alpha value is -3.31. The minimum absolute atomic E-state index is 0.0201.